The van der Waals surface area contributed by atoms with E-state index in [1.54, 1.807) is 37.3 Å². The summed E-state index contributed by atoms with van der Waals surface area (Å²) in [5.74, 6) is -0.270. The molecule has 0 fully saturated rings. The molecule has 1 amide bonds. The van der Waals surface area contributed by atoms with Crippen LogP contribution in [0.4, 0.5) is 5.69 Å². The van der Waals surface area contributed by atoms with Gasteiger partial charge in [-0.1, -0.05) is 12.1 Å². The zero-order valence-corrected chi connectivity index (χ0v) is 13.6. The number of fused-ring (bicyclic) bond motifs is 1. The van der Waals surface area contributed by atoms with Crippen molar-refractivity contribution in [2.75, 3.05) is 5.32 Å². The van der Waals surface area contributed by atoms with Gasteiger partial charge in [-0.25, -0.2) is 4.79 Å². The molecular weight excluding hydrogens is 322 g/mol. The number of anilines is 1. The molecule has 1 aliphatic rings. The van der Waals surface area contributed by atoms with Crippen molar-refractivity contribution in [1.82, 2.24) is 0 Å². The van der Waals surface area contributed by atoms with E-state index < -0.39 is 11.5 Å². The molecule has 1 aliphatic heterocycles. The predicted octanol–water partition coefficient (Wildman–Crippen LogP) is 2.12. The molecular formula is C18H15N3O4. The Kier molecular flexibility index (Phi) is 4.03. The molecule has 2 heterocycles. The van der Waals surface area contributed by atoms with E-state index in [9.17, 15) is 14.9 Å². The van der Waals surface area contributed by atoms with Crippen molar-refractivity contribution in [2.45, 2.75) is 19.8 Å². The first-order chi connectivity index (χ1) is 11.9. The molecule has 0 spiro atoms. The number of carbonyl (C=O) groups is 1. The number of benzene rings is 1. The number of hydrogen-bond acceptors (Lipinski definition) is 6. The Balaban J connectivity index is 2.15. The number of nitrogens with one attached hydrogen (secondary N) is 1. The van der Waals surface area contributed by atoms with E-state index in [-0.39, 0.29) is 28.7 Å². The minimum Gasteiger partial charge on any atom is -0.440 e. The maximum Gasteiger partial charge on any atom is 0.343 e. The Bertz CT molecular complexity index is 981. The number of carbonyl (C=O) groups excluding carboxylic acids is 1. The Labute approximate surface area is 143 Å². The molecule has 7 heteroatoms. The van der Waals surface area contributed by atoms with Crippen molar-refractivity contribution >= 4 is 11.6 Å². The molecule has 0 bridgehead atoms. The summed E-state index contributed by atoms with van der Waals surface area (Å²) in [6.45, 7) is 3.04. The van der Waals surface area contributed by atoms with Crippen LogP contribution in [0.2, 0.25) is 0 Å². The molecule has 7 nitrogen and oxygen atoms in total. The molecule has 1 atom stereocenters. The topological polar surface area (TPSA) is 118 Å². The Morgan fingerprint density at radius 1 is 1.32 bits per heavy atom. The lowest BCUT2D eigenvalue weighted by Crippen LogP contribution is -2.26. The number of amides is 1. The molecule has 126 valence electrons. The second-order valence-corrected chi connectivity index (χ2v) is 5.65. The van der Waals surface area contributed by atoms with Crippen molar-refractivity contribution in [1.29, 1.82) is 5.26 Å². The van der Waals surface area contributed by atoms with Gasteiger partial charge < -0.3 is 20.2 Å². The molecule has 25 heavy (non-hydrogen) atoms. The molecule has 3 rings (SSSR count). The van der Waals surface area contributed by atoms with Crippen molar-refractivity contribution in [3.63, 3.8) is 0 Å². The normalized spacial score (nSPS) is 15.8. The van der Waals surface area contributed by atoms with E-state index in [0.29, 0.717) is 17.0 Å². The predicted molar refractivity (Wildman–Crippen MR) is 89.8 cm³/mol. The molecule has 1 aromatic heterocycles. The van der Waals surface area contributed by atoms with Crippen LogP contribution < -0.4 is 21.4 Å². The number of nitriles is 1. The highest BCUT2D eigenvalue weighted by Crippen LogP contribution is 2.40. The van der Waals surface area contributed by atoms with Crippen LogP contribution in [0.5, 0.6) is 5.75 Å². The summed E-state index contributed by atoms with van der Waals surface area (Å²) in [6, 6.07) is 10.4. The number of aryl methyl sites for hydroxylation is 1. The third-order valence-electron chi connectivity index (χ3n) is 3.82. The number of rotatable bonds is 2. The first-order valence-corrected chi connectivity index (χ1v) is 7.50. The lowest BCUT2D eigenvalue weighted by atomic mass is 9.84. The van der Waals surface area contributed by atoms with Crippen LogP contribution in [0.25, 0.3) is 0 Å². The number of ether oxygens (including phenoxy) is 1. The van der Waals surface area contributed by atoms with Gasteiger partial charge in [0.25, 0.3) is 0 Å². The van der Waals surface area contributed by atoms with Crippen molar-refractivity contribution in [3.05, 3.63) is 69.1 Å². The first-order valence-electron chi connectivity index (χ1n) is 7.50. The van der Waals surface area contributed by atoms with Gasteiger partial charge in [-0.3, -0.25) is 4.79 Å². The summed E-state index contributed by atoms with van der Waals surface area (Å²) in [5, 5.41) is 12.1. The van der Waals surface area contributed by atoms with Crippen molar-refractivity contribution in [2.24, 2.45) is 5.73 Å². The minimum atomic E-state index is -0.697. The fraction of sp³-hybridized carbons (Fsp3) is 0.167. The zero-order valence-electron chi connectivity index (χ0n) is 13.6. The largest absolute Gasteiger partial charge is 0.440 e. The second-order valence-electron chi connectivity index (χ2n) is 5.65. The summed E-state index contributed by atoms with van der Waals surface area (Å²) >= 11 is 0. The maximum absolute atomic E-state index is 12.4. The first kappa shape index (κ1) is 16.3. The van der Waals surface area contributed by atoms with Crippen LogP contribution in [0.3, 0.4) is 0 Å². The average molecular weight is 337 g/mol. The van der Waals surface area contributed by atoms with Crippen LogP contribution in [-0.4, -0.2) is 5.91 Å². The zero-order chi connectivity index (χ0) is 18.1. The summed E-state index contributed by atoms with van der Waals surface area (Å²) in [7, 11) is 0. The molecule has 0 radical (unpaired) electrons. The average Bonchev–Trinajstić information content (AvgIpc) is 2.53. The van der Waals surface area contributed by atoms with Crippen LogP contribution in [0.15, 0.2) is 51.0 Å². The Morgan fingerprint density at radius 2 is 2.00 bits per heavy atom. The Hall–Kier alpha value is -3.53. The van der Waals surface area contributed by atoms with Gasteiger partial charge >= 0.3 is 5.63 Å². The SMILES string of the molecule is CC(=O)Nc1ccc([C@@H]2C(C#N)=C(N)Oc3cc(C)oc(=O)c32)cc1. The van der Waals surface area contributed by atoms with Gasteiger partial charge in [0.05, 0.1) is 11.5 Å². The number of hydrogen-bond donors (Lipinski definition) is 2. The van der Waals surface area contributed by atoms with Gasteiger partial charge in [-0.15, -0.1) is 0 Å². The lowest BCUT2D eigenvalue weighted by Gasteiger charge is -2.25. The summed E-state index contributed by atoms with van der Waals surface area (Å²) in [6.07, 6.45) is 0. The van der Waals surface area contributed by atoms with Crippen LogP contribution in [0.1, 0.15) is 29.7 Å². The summed E-state index contributed by atoms with van der Waals surface area (Å²) in [5.41, 5.74) is 6.92. The minimum absolute atomic E-state index is 0.0454. The highest BCUT2D eigenvalue weighted by Gasteiger charge is 2.34. The molecule has 0 saturated carbocycles. The van der Waals surface area contributed by atoms with Gasteiger partial charge in [0, 0.05) is 18.7 Å². The third-order valence-corrected chi connectivity index (χ3v) is 3.82. The monoisotopic (exact) mass is 337 g/mol. The van der Waals surface area contributed by atoms with Gasteiger partial charge in [0.15, 0.2) is 0 Å². The van der Waals surface area contributed by atoms with Gasteiger partial charge in [0.2, 0.25) is 11.8 Å². The fourth-order valence-corrected chi connectivity index (χ4v) is 2.81. The van der Waals surface area contributed by atoms with Crippen LogP contribution >= 0.6 is 0 Å². The smallest absolute Gasteiger partial charge is 0.343 e. The van der Waals surface area contributed by atoms with Crippen LogP contribution in [0, 0.1) is 18.3 Å². The number of allylic oxidation sites excluding steroid dienone is 1. The van der Waals surface area contributed by atoms with E-state index >= 15 is 0 Å². The molecule has 1 aromatic carbocycles. The van der Waals surface area contributed by atoms with E-state index in [1.165, 1.54) is 6.92 Å². The third kappa shape index (κ3) is 2.97. The number of nitrogens with two attached hydrogens (primary N) is 1. The second kappa shape index (κ2) is 6.17. The molecule has 0 saturated heterocycles. The molecule has 3 N–H and O–H groups in total. The van der Waals surface area contributed by atoms with Gasteiger partial charge in [-0.2, -0.15) is 5.26 Å². The summed E-state index contributed by atoms with van der Waals surface area (Å²) < 4.78 is 10.6. The molecule has 0 aliphatic carbocycles. The van der Waals surface area contributed by atoms with Crippen molar-refractivity contribution in [3.8, 4) is 11.8 Å². The molecule has 0 unspecified atom stereocenters. The highest BCUT2D eigenvalue weighted by atomic mass is 16.5. The quantitative estimate of drug-likeness (QED) is 0.866. The maximum atomic E-state index is 12.4. The van der Waals surface area contributed by atoms with E-state index in [2.05, 4.69) is 5.32 Å². The van der Waals surface area contributed by atoms with E-state index in [0.717, 1.165) is 0 Å². The van der Waals surface area contributed by atoms with Crippen molar-refractivity contribution < 1.29 is 13.9 Å². The molecule has 2 aromatic rings. The van der Waals surface area contributed by atoms with Gasteiger partial charge in [-0.05, 0) is 24.6 Å². The van der Waals surface area contributed by atoms with E-state index in [1.807, 2.05) is 6.07 Å². The van der Waals surface area contributed by atoms with Crippen LogP contribution in [-0.2, 0) is 4.79 Å². The Morgan fingerprint density at radius 3 is 2.60 bits per heavy atom. The van der Waals surface area contributed by atoms with Gasteiger partial charge in [0.1, 0.15) is 23.2 Å². The van der Waals surface area contributed by atoms with E-state index in [4.69, 9.17) is 14.9 Å². The summed E-state index contributed by atoms with van der Waals surface area (Å²) in [4.78, 5) is 23.5. The highest BCUT2D eigenvalue weighted by molar-refractivity contribution is 5.88. The number of nitrogens with zero attached hydrogens (tertiary/aromatic N) is 1. The fourth-order valence-electron chi connectivity index (χ4n) is 2.81. The standard InChI is InChI=1S/C18H15N3O4/c1-9-7-14-16(18(23)24-9)15(13(8-19)17(20)25-14)11-3-5-12(6-4-11)21-10(2)22/h3-7,15H,20H2,1-2H3,(H,21,22)/t15-/m1/s1. The lowest BCUT2D eigenvalue weighted by molar-refractivity contribution is -0.114.